The van der Waals surface area contributed by atoms with E-state index in [2.05, 4.69) is 12.2 Å². The van der Waals surface area contributed by atoms with Gasteiger partial charge < -0.3 is 14.8 Å². The summed E-state index contributed by atoms with van der Waals surface area (Å²) < 4.78 is 5.77. The first-order valence-corrected chi connectivity index (χ1v) is 7.49. The fraction of sp³-hybridized carbons (Fsp3) is 0.688. The van der Waals surface area contributed by atoms with Gasteiger partial charge in [-0.2, -0.15) is 0 Å². The van der Waals surface area contributed by atoms with E-state index in [9.17, 15) is 9.90 Å². The van der Waals surface area contributed by atoms with Crippen molar-refractivity contribution in [2.24, 2.45) is 5.92 Å². The molecule has 0 bridgehead atoms. The molecule has 1 aliphatic carbocycles. The number of aryl methyl sites for hydroxylation is 1. The lowest BCUT2D eigenvalue weighted by Crippen LogP contribution is -2.40. The van der Waals surface area contributed by atoms with Crippen LogP contribution in [0.15, 0.2) is 16.5 Å². The van der Waals surface area contributed by atoms with Crippen molar-refractivity contribution in [2.45, 2.75) is 58.0 Å². The Bertz CT molecular complexity index is 464. The number of furan rings is 1. The van der Waals surface area contributed by atoms with Crippen LogP contribution in [0.5, 0.6) is 0 Å². The molecule has 1 aromatic rings. The van der Waals surface area contributed by atoms with Crippen LogP contribution in [0, 0.1) is 5.92 Å². The van der Waals surface area contributed by atoms with Crippen LogP contribution in [-0.4, -0.2) is 23.2 Å². The fourth-order valence-electron chi connectivity index (χ4n) is 2.19. The van der Waals surface area contributed by atoms with Gasteiger partial charge in [0.05, 0.1) is 5.60 Å². The standard InChI is InChI=1S/C16H25NO3/c1-4-16(3,19)10-17-15(18)8-6-12-5-7-14(20-12)13-9-11(13)2/h5,7,11,13,19H,4,6,8-10H2,1-3H3,(H,17,18). The van der Waals surface area contributed by atoms with Crippen LogP contribution in [0.4, 0.5) is 0 Å². The van der Waals surface area contributed by atoms with Crippen LogP contribution < -0.4 is 5.32 Å². The van der Waals surface area contributed by atoms with Crippen molar-refractivity contribution in [1.29, 1.82) is 0 Å². The Kier molecular flexibility index (Phi) is 4.53. The molecule has 4 heteroatoms. The van der Waals surface area contributed by atoms with Crippen molar-refractivity contribution >= 4 is 5.91 Å². The first kappa shape index (κ1) is 15.1. The molecule has 3 unspecified atom stereocenters. The third-order valence-corrected chi connectivity index (χ3v) is 4.18. The number of hydrogen-bond acceptors (Lipinski definition) is 3. The molecule has 1 aromatic heterocycles. The molecule has 0 aromatic carbocycles. The van der Waals surface area contributed by atoms with Gasteiger partial charge in [0.1, 0.15) is 11.5 Å². The number of carbonyl (C=O) groups excluding carboxylic acids is 1. The summed E-state index contributed by atoms with van der Waals surface area (Å²) in [4.78, 5) is 11.7. The Hall–Kier alpha value is -1.29. The molecular weight excluding hydrogens is 254 g/mol. The van der Waals surface area contributed by atoms with Crippen molar-refractivity contribution in [1.82, 2.24) is 5.32 Å². The predicted octanol–water partition coefficient (Wildman–Crippen LogP) is 2.61. The maximum absolute atomic E-state index is 11.7. The van der Waals surface area contributed by atoms with Crippen molar-refractivity contribution < 1.29 is 14.3 Å². The average molecular weight is 279 g/mol. The smallest absolute Gasteiger partial charge is 0.220 e. The molecule has 1 fully saturated rings. The Labute approximate surface area is 120 Å². The number of rotatable bonds is 7. The number of amides is 1. The normalized spacial score (nSPS) is 24.2. The third-order valence-electron chi connectivity index (χ3n) is 4.18. The summed E-state index contributed by atoms with van der Waals surface area (Å²) in [6, 6.07) is 4.00. The number of hydrogen-bond donors (Lipinski definition) is 2. The van der Waals surface area contributed by atoms with Crippen LogP contribution in [0.2, 0.25) is 0 Å². The number of carbonyl (C=O) groups is 1. The molecule has 112 valence electrons. The van der Waals surface area contributed by atoms with Crippen LogP contribution >= 0.6 is 0 Å². The molecule has 0 saturated heterocycles. The topological polar surface area (TPSA) is 62.5 Å². The number of aliphatic hydroxyl groups is 1. The second-order valence-electron chi connectivity index (χ2n) is 6.25. The third kappa shape index (κ3) is 4.10. The van der Waals surface area contributed by atoms with Crippen molar-refractivity contribution in [3.8, 4) is 0 Å². The van der Waals surface area contributed by atoms with E-state index in [1.54, 1.807) is 6.92 Å². The molecule has 1 saturated carbocycles. The Morgan fingerprint density at radius 1 is 1.55 bits per heavy atom. The lowest BCUT2D eigenvalue weighted by molar-refractivity contribution is -0.122. The van der Waals surface area contributed by atoms with Crippen LogP contribution in [0.3, 0.4) is 0 Å². The zero-order valence-electron chi connectivity index (χ0n) is 12.6. The van der Waals surface area contributed by atoms with E-state index >= 15 is 0 Å². The monoisotopic (exact) mass is 279 g/mol. The Balaban J connectivity index is 1.72. The largest absolute Gasteiger partial charge is 0.466 e. The summed E-state index contributed by atoms with van der Waals surface area (Å²) in [6.45, 7) is 6.14. The van der Waals surface area contributed by atoms with E-state index < -0.39 is 5.60 Å². The first-order valence-electron chi connectivity index (χ1n) is 7.49. The van der Waals surface area contributed by atoms with E-state index in [0.717, 1.165) is 17.4 Å². The van der Waals surface area contributed by atoms with E-state index in [1.807, 2.05) is 19.1 Å². The van der Waals surface area contributed by atoms with Gasteiger partial charge in [0.25, 0.3) is 0 Å². The van der Waals surface area contributed by atoms with Crippen LogP contribution in [-0.2, 0) is 11.2 Å². The van der Waals surface area contributed by atoms with Gasteiger partial charge in [-0.05, 0) is 37.8 Å². The molecule has 0 spiro atoms. The van der Waals surface area contributed by atoms with Gasteiger partial charge in [-0.1, -0.05) is 13.8 Å². The second-order valence-corrected chi connectivity index (χ2v) is 6.25. The minimum Gasteiger partial charge on any atom is -0.466 e. The molecule has 20 heavy (non-hydrogen) atoms. The molecule has 2 N–H and O–H groups in total. The zero-order chi connectivity index (χ0) is 14.8. The van der Waals surface area contributed by atoms with Gasteiger partial charge in [0, 0.05) is 25.3 Å². The molecule has 4 nitrogen and oxygen atoms in total. The highest BCUT2D eigenvalue weighted by molar-refractivity contribution is 5.76. The molecule has 3 atom stereocenters. The van der Waals surface area contributed by atoms with Crippen molar-refractivity contribution in [2.75, 3.05) is 6.54 Å². The molecule has 1 amide bonds. The molecule has 1 heterocycles. The molecule has 2 rings (SSSR count). The van der Waals surface area contributed by atoms with E-state index in [-0.39, 0.29) is 5.91 Å². The molecule has 0 radical (unpaired) electrons. The highest BCUT2D eigenvalue weighted by atomic mass is 16.3. The predicted molar refractivity (Wildman–Crippen MR) is 77.5 cm³/mol. The maximum atomic E-state index is 11.7. The van der Waals surface area contributed by atoms with Gasteiger partial charge in [-0.15, -0.1) is 0 Å². The lowest BCUT2D eigenvalue weighted by atomic mass is 10.0. The summed E-state index contributed by atoms with van der Waals surface area (Å²) in [6.07, 6.45) is 2.84. The summed E-state index contributed by atoms with van der Waals surface area (Å²) >= 11 is 0. The molecule has 0 aliphatic heterocycles. The van der Waals surface area contributed by atoms with Gasteiger partial charge >= 0.3 is 0 Å². The number of nitrogens with one attached hydrogen (secondary N) is 1. The lowest BCUT2D eigenvalue weighted by Gasteiger charge is -2.21. The van der Waals surface area contributed by atoms with Crippen molar-refractivity contribution in [3.05, 3.63) is 23.7 Å². The van der Waals surface area contributed by atoms with Crippen LogP contribution in [0.1, 0.15) is 57.5 Å². The van der Waals surface area contributed by atoms with Gasteiger partial charge in [-0.3, -0.25) is 4.79 Å². The van der Waals surface area contributed by atoms with E-state index in [4.69, 9.17) is 4.42 Å². The zero-order valence-corrected chi connectivity index (χ0v) is 12.6. The first-order chi connectivity index (χ1) is 9.41. The van der Waals surface area contributed by atoms with E-state index in [1.165, 1.54) is 6.42 Å². The minimum atomic E-state index is -0.824. The maximum Gasteiger partial charge on any atom is 0.220 e. The van der Waals surface area contributed by atoms with Gasteiger partial charge in [0.2, 0.25) is 5.91 Å². The van der Waals surface area contributed by atoms with Gasteiger partial charge in [0.15, 0.2) is 0 Å². The quantitative estimate of drug-likeness (QED) is 0.806. The van der Waals surface area contributed by atoms with Gasteiger partial charge in [-0.25, -0.2) is 0 Å². The Morgan fingerprint density at radius 2 is 2.25 bits per heavy atom. The Morgan fingerprint density at radius 3 is 2.85 bits per heavy atom. The highest BCUT2D eigenvalue weighted by Gasteiger charge is 2.36. The SMILES string of the molecule is CCC(C)(O)CNC(=O)CCc1ccc(C2CC2C)o1. The average Bonchev–Trinajstić information content (AvgIpc) is 2.97. The fourth-order valence-corrected chi connectivity index (χ4v) is 2.19. The minimum absolute atomic E-state index is 0.0449. The highest BCUT2D eigenvalue weighted by Crippen LogP contribution is 2.47. The second kappa shape index (κ2) is 6.00. The molecular formula is C16H25NO3. The summed E-state index contributed by atoms with van der Waals surface area (Å²) in [5.74, 6) is 3.19. The van der Waals surface area contributed by atoms with Crippen LogP contribution in [0.25, 0.3) is 0 Å². The van der Waals surface area contributed by atoms with Crippen molar-refractivity contribution in [3.63, 3.8) is 0 Å². The summed E-state index contributed by atoms with van der Waals surface area (Å²) in [5.41, 5.74) is -0.824. The summed E-state index contributed by atoms with van der Waals surface area (Å²) in [5, 5.41) is 12.6. The molecule has 1 aliphatic rings. The van der Waals surface area contributed by atoms with E-state index in [0.29, 0.717) is 31.7 Å². The summed E-state index contributed by atoms with van der Waals surface area (Å²) in [7, 11) is 0.